The summed E-state index contributed by atoms with van der Waals surface area (Å²) in [6.45, 7) is 2.32. The fourth-order valence-corrected chi connectivity index (χ4v) is 5.38. The molecule has 134 valence electrons. The van der Waals surface area contributed by atoms with Crippen molar-refractivity contribution in [2.75, 3.05) is 25.9 Å². The van der Waals surface area contributed by atoms with E-state index in [1.807, 2.05) is 0 Å². The number of rotatable bonds is 2. The van der Waals surface area contributed by atoms with Crippen LogP contribution in [0.4, 0.5) is 4.39 Å². The normalized spacial score (nSPS) is 20.4. The first-order valence-electron chi connectivity index (χ1n) is 8.94. The van der Waals surface area contributed by atoms with Crippen LogP contribution in [-0.4, -0.2) is 41.5 Å². The Morgan fingerprint density at radius 3 is 2.92 bits per heavy atom. The largest absolute Gasteiger partial charge is 0.352 e. The van der Waals surface area contributed by atoms with Gasteiger partial charge in [-0.1, -0.05) is 19.3 Å². The molecule has 25 heavy (non-hydrogen) atoms. The predicted octanol–water partition coefficient (Wildman–Crippen LogP) is 3.52. The zero-order valence-corrected chi connectivity index (χ0v) is 15.5. The molecule has 1 aliphatic carbocycles. The molecule has 1 spiro atoms. The van der Waals surface area contributed by atoms with Gasteiger partial charge in [0.25, 0.3) is 0 Å². The van der Waals surface area contributed by atoms with Crippen molar-refractivity contribution in [1.29, 1.82) is 5.26 Å². The summed E-state index contributed by atoms with van der Waals surface area (Å²) in [6, 6.07) is 6.52. The minimum absolute atomic E-state index is 0.292. The second-order valence-electron chi connectivity index (χ2n) is 6.83. The van der Waals surface area contributed by atoms with Gasteiger partial charge in [0.1, 0.15) is 5.82 Å². The third-order valence-electron chi connectivity index (χ3n) is 5.14. The van der Waals surface area contributed by atoms with Crippen LogP contribution in [0.25, 0.3) is 0 Å². The Bertz CT molecular complexity index is 671. The molecule has 1 aliphatic heterocycles. The van der Waals surface area contributed by atoms with E-state index in [0.29, 0.717) is 22.4 Å². The van der Waals surface area contributed by atoms with Gasteiger partial charge >= 0.3 is 0 Å². The van der Waals surface area contributed by atoms with Gasteiger partial charge in [-0.3, -0.25) is 4.99 Å². The molecule has 1 aromatic rings. The van der Waals surface area contributed by atoms with Crippen molar-refractivity contribution in [2.24, 2.45) is 4.99 Å². The molecule has 1 N–H and O–H groups in total. The van der Waals surface area contributed by atoms with E-state index in [4.69, 9.17) is 5.26 Å². The first-order chi connectivity index (χ1) is 12.2. The molecule has 0 radical (unpaired) electrons. The number of nitriles is 1. The molecule has 0 bridgehead atoms. The number of guanidine groups is 1. The molecule has 1 saturated carbocycles. The SMILES string of the molecule is CN=C(NCc1cc(C#N)ccc1F)N1CCSC2(CCCCC2)C1. The zero-order chi connectivity index (χ0) is 17.7. The number of hydrogen-bond acceptors (Lipinski definition) is 3. The lowest BCUT2D eigenvalue weighted by atomic mass is 9.87. The minimum atomic E-state index is -0.292. The smallest absolute Gasteiger partial charge is 0.193 e. The standard InChI is InChI=1S/C19H25FN4S/c1-22-18(23-13-16-11-15(12-21)5-6-17(16)20)24-9-10-25-19(14-24)7-3-2-4-8-19/h5-6,11H,2-4,7-10,13-14H2,1H3,(H,22,23). The number of nitrogens with one attached hydrogen (secondary N) is 1. The third-order valence-corrected chi connectivity index (χ3v) is 6.67. The van der Waals surface area contributed by atoms with Crippen molar-refractivity contribution in [1.82, 2.24) is 10.2 Å². The van der Waals surface area contributed by atoms with Crippen molar-refractivity contribution in [3.05, 3.63) is 35.1 Å². The van der Waals surface area contributed by atoms with Gasteiger partial charge < -0.3 is 10.2 Å². The molecule has 0 atom stereocenters. The molecule has 3 rings (SSSR count). The maximum absolute atomic E-state index is 14.0. The Balaban J connectivity index is 1.66. The fourth-order valence-electron chi connectivity index (χ4n) is 3.81. The second-order valence-corrected chi connectivity index (χ2v) is 8.40. The molecule has 0 amide bonds. The van der Waals surface area contributed by atoms with Gasteiger partial charge in [0, 0.05) is 42.7 Å². The third kappa shape index (κ3) is 4.27. The summed E-state index contributed by atoms with van der Waals surface area (Å²) in [5, 5.41) is 12.3. The van der Waals surface area contributed by atoms with E-state index in [9.17, 15) is 4.39 Å². The van der Waals surface area contributed by atoms with Gasteiger partial charge in [-0.15, -0.1) is 0 Å². The van der Waals surface area contributed by atoms with E-state index < -0.39 is 0 Å². The molecule has 6 heteroatoms. The average molecular weight is 361 g/mol. The summed E-state index contributed by atoms with van der Waals surface area (Å²) in [7, 11) is 1.78. The van der Waals surface area contributed by atoms with Crippen LogP contribution >= 0.6 is 11.8 Å². The average Bonchev–Trinajstić information content (AvgIpc) is 2.64. The van der Waals surface area contributed by atoms with Crippen LogP contribution in [0.1, 0.15) is 43.2 Å². The molecule has 1 aromatic carbocycles. The zero-order valence-electron chi connectivity index (χ0n) is 14.7. The Kier molecular flexibility index (Phi) is 5.85. The van der Waals surface area contributed by atoms with Crippen LogP contribution in [0.15, 0.2) is 23.2 Å². The van der Waals surface area contributed by atoms with Gasteiger partial charge in [0.15, 0.2) is 5.96 Å². The van der Waals surface area contributed by atoms with Crippen molar-refractivity contribution in [3.63, 3.8) is 0 Å². The topological polar surface area (TPSA) is 51.4 Å². The van der Waals surface area contributed by atoms with Crippen LogP contribution in [0.3, 0.4) is 0 Å². The number of aliphatic imine (C=N–C) groups is 1. The van der Waals surface area contributed by atoms with Gasteiger partial charge in [-0.05, 0) is 31.0 Å². The van der Waals surface area contributed by atoms with Gasteiger partial charge in [0.05, 0.1) is 11.6 Å². The van der Waals surface area contributed by atoms with Crippen LogP contribution < -0.4 is 5.32 Å². The molecule has 2 aliphatic rings. The Morgan fingerprint density at radius 1 is 1.40 bits per heavy atom. The van der Waals surface area contributed by atoms with E-state index in [2.05, 4.69) is 33.0 Å². The fraction of sp³-hybridized carbons (Fsp3) is 0.579. The summed E-state index contributed by atoms with van der Waals surface area (Å²) in [5.41, 5.74) is 0.975. The highest BCUT2D eigenvalue weighted by molar-refractivity contribution is 8.00. The van der Waals surface area contributed by atoms with Gasteiger partial charge in [-0.25, -0.2) is 4.39 Å². The van der Waals surface area contributed by atoms with Gasteiger partial charge in [-0.2, -0.15) is 17.0 Å². The molecular weight excluding hydrogens is 335 g/mol. The van der Waals surface area contributed by atoms with E-state index in [1.165, 1.54) is 44.2 Å². The van der Waals surface area contributed by atoms with Crippen molar-refractivity contribution in [2.45, 2.75) is 43.4 Å². The molecule has 2 fully saturated rings. The number of thioether (sulfide) groups is 1. The lowest BCUT2D eigenvalue weighted by Gasteiger charge is -2.45. The monoisotopic (exact) mass is 360 g/mol. The summed E-state index contributed by atoms with van der Waals surface area (Å²) >= 11 is 2.12. The predicted molar refractivity (Wildman–Crippen MR) is 101 cm³/mol. The summed E-state index contributed by atoms with van der Waals surface area (Å²) < 4.78 is 14.3. The summed E-state index contributed by atoms with van der Waals surface area (Å²) in [6.07, 6.45) is 6.55. The maximum atomic E-state index is 14.0. The molecule has 0 unspecified atom stereocenters. The molecule has 4 nitrogen and oxygen atoms in total. The van der Waals surface area contributed by atoms with Crippen LogP contribution in [0.2, 0.25) is 0 Å². The highest BCUT2D eigenvalue weighted by Gasteiger charge is 2.38. The lowest BCUT2D eigenvalue weighted by Crippen LogP contribution is -2.53. The van der Waals surface area contributed by atoms with Crippen LogP contribution in [0.5, 0.6) is 0 Å². The Hall–Kier alpha value is -1.74. The number of benzene rings is 1. The number of nitrogens with zero attached hydrogens (tertiary/aromatic N) is 3. The minimum Gasteiger partial charge on any atom is -0.352 e. The first kappa shape index (κ1) is 18.1. The summed E-state index contributed by atoms with van der Waals surface area (Å²) in [4.78, 5) is 6.73. The molecule has 1 heterocycles. The number of halogens is 1. The maximum Gasteiger partial charge on any atom is 0.193 e. The molecule has 0 aromatic heterocycles. The highest BCUT2D eigenvalue weighted by Crippen LogP contribution is 2.42. The van der Waals surface area contributed by atoms with Crippen LogP contribution in [0, 0.1) is 17.1 Å². The first-order valence-corrected chi connectivity index (χ1v) is 9.92. The van der Waals surface area contributed by atoms with E-state index >= 15 is 0 Å². The molecular formula is C19H25FN4S. The Morgan fingerprint density at radius 2 is 2.20 bits per heavy atom. The summed E-state index contributed by atoms with van der Waals surface area (Å²) in [5.74, 6) is 1.64. The lowest BCUT2D eigenvalue weighted by molar-refractivity contribution is 0.293. The Labute approximate surface area is 153 Å². The van der Waals surface area contributed by atoms with Crippen molar-refractivity contribution in [3.8, 4) is 6.07 Å². The molecule has 1 saturated heterocycles. The van der Waals surface area contributed by atoms with Crippen molar-refractivity contribution >= 4 is 17.7 Å². The highest BCUT2D eigenvalue weighted by atomic mass is 32.2. The van der Waals surface area contributed by atoms with E-state index in [0.717, 1.165) is 24.8 Å². The quantitative estimate of drug-likeness (QED) is 0.648. The van der Waals surface area contributed by atoms with Crippen molar-refractivity contribution < 1.29 is 4.39 Å². The number of hydrogen-bond donors (Lipinski definition) is 1. The second kappa shape index (κ2) is 8.09. The van der Waals surface area contributed by atoms with Crippen LogP contribution in [-0.2, 0) is 6.54 Å². The van der Waals surface area contributed by atoms with Gasteiger partial charge in [0.2, 0.25) is 0 Å². The van der Waals surface area contributed by atoms with E-state index in [1.54, 1.807) is 13.1 Å². The van der Waals surface area contributed by atoms with E-state index in [-0.39, 0.29) is 5.82 Å².